The van der Waals surface area contributed by atoms with Crippen LogP contribution in [0.25, 0.3) is 0 Å². The van der Waals surface area contributed by atoms with E-state index in [9.17, 15) is 9.59 Å². The van der Waals surface area contributed by atoms with Gasteiger partial charge in [0.15, 0.2) is 0 Å². The van der Waals surface area contributed by atoms with Crippen molar-refractivity contribution in [3.05, 3.63) is 17.7 Å². The Labute approximate surface area is 99.4 Å². The van der Waals surface area contributed by atoms with Gasteiger partial charge in [0.2, 0.25) is 0 Å². The van der Waals surface area contributed by atoms with E-state index in [2.05, 4.69) is 15.3 Å². The smallest absolute Gasteiger partial charge is 0.326 e. The predicted molar refractivity (Wildman–Crippen MR) is 61.7 cm³/mol. The summed E-state index contributed by atoms with van der Waals surface area (Å²) in [5, 5.41) is 11.5. The first kappa shape index (κ1) is 13.2. The molecule has 6 heteroatoms. The molecule has 0 saturated carbocycles. The molecule has 0 aliphatic carbocycles. The van der Waals surface area contributed by atoms with Crippen molar-refractivity contribution in [1.82, 2.24) is 15.3 Å². The van der Waals surface area contributed by atoms with Gasteiger partial charge in [-0.15, -0.1) is 0 Å². The molecule has 1 rings (SSSR count). The number of carboxylic acids is 1. The summed E-state index contributed by atoms with van der Waals surface area (Å²) in [6.45, 7) is 5.53. The molecule has 0 fully saturated rings. The number of hydrogen-bond donors (Lipinski definition) is 3. The van der Waals surface area contributed by atoms with E-state index in [0.717, 1.165) is 0 Å². The number of aliphatic carboxylic acids is 1. The molecule has 1 aromatic rings. The van der Waals surface area contributed by atoms with Crippen molar-refractivity contribution in [3.63, 3.8) is 0 Å². The Hall–Kier alpha value is -1.85. The zero-order chi connectivity index (χ0) is 13.0. The van der Waals surface area contributed by atoms with Gasteiger partial charge in [-0.1, -0.05) is 13.8 Å². The number of carboxylic acid groups (broad SMARTS) is 1. The number of carbonyl (C=O) groups excluding carboxylic acids is 1. The van der Waals surface area contributed by atoms with Gasteiger partial charge < -0.3 is 15.4 Å². The van der Waals surface area contributed by atoms with Crippen LogP contribution in [0, 0.1) is 12.8 Å². The normalized spacial score (nSPS) is 12.5. The zero-order valence-corrected chi connectivity index (χ0v) is 10.2. The van der Waals surface area contributed by atoms with Gasteiger partial charge in [-0.3, -0.25) is 4.79 Å². The summed E-state index contributed by atoms with van der Waals surface area (Å²) in [4.78, 5) is 29.3. The van der Waals surface area contributed by atoms with Crippen LogP contribution < -0.4 is 5.32 Å². The first-order chi connectivity index (χ1) is 7.90. The second-order valence-corrected chi connectivity index (χ2v) is 4.38. The number of amides is 1. The molecule has 0 unspecified atom stereocenters. The van der Waals surface area contributed by atoms with Gasteiger partial charge in [0, 0.05) is 0 Å². The number of nitrogens with one attached hydrogen (secondary N) is 2. The lowest BCUT2D eigenvalue weighted by atomic mass is 10.0. The standard InChI is InChI=1S/C11H17N3O3/c1-6(2)4-8(11(16)17)14-10(15)9-5-12-7(3)13-9/h5-6,8H,4H2,1-3H3,(H,12,13)(H,14,15)(H,16,17)/t8-/m0/s1. The molecule has 17 heavy (non-hydrogen) atoms. The molecule has 0 spiro atoms. The summed E-state index contributed by atoms with van der Waals surface area (Å²) < 4.78 is 0. The number of carbonyl (C=O) groups is 2. The van der Waals surface area contributed by atoms with Gasteiger partial charge in [-0.25, -0.2) is 9.78 Å². The molecule has 1 amide bonds. The number of hydrogen-bond acceptors (Lipinski definition) is 3. The lowest BCUT2D eigenvalue weighted by molar-refractivity contribution is -0.139. The van der Waals surface area contributed by atoms with Crippen molar-refractivity contribution in [1.29, 1.82) is 0 Å². The van der Waals surface area contributed by atoms with Gasteiger partial charge >= 0.3 is 5.97 Å². The average Bonchev–Trinajstić information content (AvgIpc) is 2.63. The summed E-state index contributed by atoms with van der Waals surface area (Å²) in [6.07, 6.45) is 1.78. The van der Waals surface area contributed by atoms with Crippen LogP contribution in [0.4, 0.5) is 0 Å². The van der Waals surface area contributed by atoms with Crippen LogP contribution in [-0.4, -0.2) is 33.0 Å². The molecular formula is C11H17N3O3. The lowest BCUT2D eigenvalue weighted by Gasteiger charge is -2.15. The van der Waals surface area contributed by atoms with Gasteiger partial charge in [0.1, 0.15) is 17.6 Å². The van der Waals surface area contributed by atoms with E-state index < -0.39 is 17.9 Å². The summed E-state index contributed by atoms with van der Waals surface area (Å²) in [6, 6.07) is -0.869. The molecule has 0 aliphatic heterocycles. The first-order valence-corrected chi connectivity index (χ1v) is 5.45. The number of nitrogens with zero attached hydrogens (tertiary/aromatic N) is 1. The number of H-pyrrole nitrogens is 1. The summed E-state index contributed by atoms with van der Waals surface area (Å²) >= 11 is 0. The highest BCUT2D eigenvalue weighted by molar-refractivity contribution is 5.94. The van der Waals surface area contributed by atoms with Crippen molar-refractivity contribution in [3.8, 4) is 0 Å². The summed E-state index contributed by atoms with van der Waals surface area (Å²) in [5.41, 5.74) is 0.275. The van der Waals surface area contributed by atoms with Crippen LogP contribution in [0.3, 0.4) is 0 Å². The third kappa shape index (κ3) is 3.90. The van der Waals surface area contributed by atoms with Crippen molar-refractivity contribution < 1.29 is 14.7 Å². The molecule has 1 heterocycles. The maximum Gasteiger partial charge on any atom is 0.326 e. The highest BCUT2D eigenvalue weighted by Crippen LogP contribution is 2.06. The monoisotopic (exact) mass is 239 g/mol. The SMILES string of the molecule is Cc1ncc(C(=O)N[C@@H](CC(C)C)C(=O)O)[nH]1. The Balaban J connectivity index is 2.67. The Morgan fingerprint density at radius 2 is 2.18 bits per heavy atom. The quantitative estimate of drug-likeness (QED) is 0.712. The number of aromatic amines is 1. The van der Waals surface area contributed by atoms with E-state index in [1.807, 2.05) is 13.8 Å². The molecule has 1 atom stereocenters. The highest BCUT2D eigenvalue weighted by Gasteiger charge is 2.22. The Morgan fingerprint density at radius 1 is 1.53 bits per heavy atom. The fourth-order valence-corrected chi connectivity index (χ4v) is 1.47. The van der Waals surface area contributed by atoms with Crippen LogP contribution in [-0.2, 0) is 4.79 Å². The summed E-state index contributed by atoms with van der Waals surface area (Å²) in [7, 11) is 0. The molecule has 94 valence electrons. The second kappa shape index (κ2) is 5.47. The number of aryl methyl sites for hydroxylation is 1. The zero-order valence-electron chi connectivity index (χ0n) is 10.2. The van der Waals surface area contributed by atoms with E-state index in [-0.39, 0.29) is 11.6 Å². The van der Waals surface area contributed by atoms with Crippen LogP contribution in [0.1, 0.15) is 36.6 Å². The van der Waals surface area contributed by atoms with Crippen molar-refractivity contribution in [2.45, 2.75) is 33.2 Å². The molecular weight excluding hydrogens is 222 g/mol. The fraction of sp³-hybridized carbons (Fsp3) is 0.545. The van der Waals surface area contributed by atoms with Crippen LogP contribution in [0.15, 0.2) is 6.20 Å². The van der Waals surface area contributed by atoms with Gasteiger partial charge in [0.25, 0.3) is 5.91 Å². The van der Waals surface area contributed by atoms with Gasteiger partial charge in [-0.2, -0.15) is 0 Å². The minimum atomic E-state index is -1.02. The summed E-state index contributed by atoms with van der Waals surface area (Å²) in [5.74, 6) is -0.660. The number of imidazole rings is 1. The maximum atomic E-state index is 11.7. The van der Waals surface area contributed by atoms with Crippen molar-refractivity contribution in [2.24, 2.45) is 5.92 Å². The molecule has 3 N–H and O–H groups in total. The molecule has 0 saturated heterocycles. The third-order valence-electron chi connectivity index (χ3n) is 2.26. The average molecular weight is 239 g/mol. The van der Waals surface area contributed by atoms with E-state index in [4.69, 9.17) is 5.11 Å². The van der Waals surface area contributed by atoms with E-state index in [1.54, 1.807) is 6.92 Å². The number of rotatable bonds is 5. The minimum Gasteiger partial charge on any atom is -0.480 e. The number of aromatic nitrogens is 2. The minimum absolute atomic E-state index is 0.194. The van der Waals surface area contributed by atoms with Crippen molar-refractivity contribution >= 4 is 11.9 Å². The second-order valence-electron chi connectivity index (χ2n) is 4.38. The van der Waals surface area contributed by atoms with Crippen molar-refractivity contribution in [2.75, 3.05) is 0 Å². The van der Waals surface area contributed by atoms with E-state index in [0.29, 0.717) is 12.2 Å². The third-order valence-corrected chi connectivity index (χ3v) is 2.26. The molecule has 0 aliphatic rings. The molecule has 0 radical (unpaired) electrons. The topological polar surface area (TPSA) is 95.1 Å². The molecule has 6 nitrogen and oxygen atoms in total. The Kier molecular flexibility index (Phi) is 4.25. The molecule has 0 aromatic carbocycles. The van der Waals surface area contributed by atoms with Crippen LogP contribution >= 0.6 is 0 Å². The first-order valence-electron chi connectivity index (χ1n) is 5.45. The maximum absolute atomic E-state index is 11.7. The predicted octanol–water partition coefficient (Wildman–Crippen LogP) is 0.947. The molecule has 1 aromatic heterocycles. The largest absolute Gasteiger partial charge is 0.480 e. The fourth-order valence-electron chi connectivity index (χ4n) is 1.47. The Morgan fingerprint density at radius 3 is 2.59 bits per heavy atom. The highest BCUT2D eigenvalue weighted by atomic mass is 16.4. The molecule has 0 bridgehead atoms. The Bertz CT molecular complexity index is 412. The van der Waals surface area contributed by atoms with Crippen LogP contribution in [0.2, 0.25) is 0 Å². The van der Waals surface area contributed by atoms with Gasteiger partial charge in [0.05, 0.1) is 6.20 Å². The van der Waals surface area contributed by atoms with E-state index in [1.165, 1.54) is 6.20 Å². The van der Waals surface area contributed by atoms with Gasteiger partial charge in [-0.05, 0) is 19.3 Å². The lowest BCUT2D eigenvalue weighted by Crippen LogP contribution is -2.41. The van der Waals surface area contributed by atoms with Crippen LogP contribution in [0.5, 0.6) is 0 Å². The van der Waals surface area contributed by atoms with E-state index >= 15 is 0 Å².